The van der Waals surface area contributed by atoms with Crippen LogP contribution in [-0.2, 0) is 0 Å². The van der Waals surface area contributed by atoms with Gasteiger partial charge in [-0.25, -0.2) is 0 Å². The summed E-state index contributed by atoms with van der Waals surface area (Å²) in [6.07, 6.45) is 9.08. The monoisotopic (exact) mass is 176 g/mol. The molecule has 0 aliphatic rings. The SMILES string of the molecule is C#C[Se]CCCCC. The third-order valence-corrected chi connectivity index (χ3v) is 2.32. The van der Waals surface area contributed by atoms with Crippen molar-refractivity contribution in [2.24, 2.45) is 0 Å². The summed E-state index contributed by atoms with van der Waals surface area (Å²) in [6, 6.07) is 0. The molecule has 0 nitrogen and oxygen atoms in total. The predicted molar refractivity (Wildman–Crippen MR) is 38.9 cm³/mol. The Balaban J connectivity index is 2.65. The van der Waals surface area contributed by atoms with Gasteiger partial charge in [-0.15, -0.1) is 0 Å². The summed E-state index contributed by atoms with van der Waals surface area (Å²) in [7, 11) is 0. The third-order valence-electron chi connectivity index (χ3n) is 0.933. The normalized spacial score (nSPS) is 8.50. The molecule has 0 bridgehead atoms. The van der Waals surface area contributed by atoms with E-state index in [1.54, 1.807) is 0 Å². The van der Waals surface area contributed by atoms with Gasteiger partial charge in [-0.3, -0.25) is 0 Å². The molecular weight excluding hydrogens is 163 g/mol. The molecule has 0 heterocycles. The van der Waals surface area contributed by atoms with Crippen LogP contribution >= 0.6 is 0 Å². The van der Waals surface area contributed by atoms with E-state index < -0.39 is 0 Å². The fourth-order valence-corrected chi connectivity index (χ4v) is 1.46. The molecule has 1 heteroatoms. The second kappa shape index (κ2) is 7.08. The Morgan fingerprint density at radius 2 is 2.25 bits per heavy atom. The van der Waals surface area contributed by atoms with Crippen LogP contribution in [0.5, 0.6) is 0 Å². The minimum atomic E-state index is 0.495. The van der Waals surface area contributed by atoms with Crippen molar-refractivity contribution in [1.29, 1.82) is 0 Å². The van der Waals surface area contributed by atoms with Crippen molar-refractivity contribution in [3.8, 4) is 11.2 Å². The van der Waals surface area contributed by atoms with E-state index in [0.29, 0.717) is 15.0 Å². The van der Waals surface area contributed by atoms with Gasteiger partial charge >= 0.3 is 57.7 Å². The van der Waals surface area contributed by atoms with Crippen LogP contribution in [0.1, 0.15) is 26.2 Å². The molecule has 0 amide bonds. The Hall–Kier alpha value is 0.0795. The number of hydrogen-bond donors (Lipinski definition) is 0. The van der Waals surface area contributed by atoms with Gasteiger partial charge in [0, 0.05) is 0 Å². The average Bonchev–Trinajstić information content (AvgIpc) is 1.81. The quantitative estimate of drug-likeness (QED) is 0.347. The molecule has 0 saturated carbocycles. The van der Waals surface area contributed by atoms with Crippen molar-refractivity contribution in [2.75, 3.05) is 0 Å². The molecule has 46 valence electrons. The van der Waals surface area contributed by atoms with Crippen molar-refractivity contribution in [3.05, 3.63) is 0 Å². The average molecular weight is 175 g/mol. The van der Waals surface area contributed by atoms with Crippen LogP contribution in [0.2, 0.25) is 5.32 Å². The molecule has 0 radical (unpaired) electrons. The summed E-state index contributed by atoms with van der Waals surface area (Å²) in [5.41, 5.74) is 0. The van der Waals surface area contributed by atoms with Gasteiger partial charge in [-0.2, -0.15) is 0 Å². The number of unbranched alkanes of at least 4 members (excludes halogenated alkanes) is 2. The van der Waals surface area contributed by atoms with Crippen LogP contribution in [0, 0.1) is 11.2 Å². The molecule has 0 aliphatic heterocycles. The summed E-state index contributed by atoms with van der Waals surface area (Å²) in [5.74, 6) is 0. The van der Waals surface area contributed by atoms with Gasteiger partial charge in [-0.05, 0) is 0 Å². The van der Waals surface area contributed by atoms with E-state index >= 15 is 0 Å². The zero-order chi connectivity index (χ0) is 6.24. The van der Waals surface area contributed by atoms with E-state index in [4.69, 9.17) is 6.42 Å². The first-order valence-electron chi connectivity index (χ1n) is 2.99. The van der Waals surface area contributed by atoms with Crippen molar-refractivity contribution in [2.45, 2.75) is 31.5 Å². The zero-order valence-electron chi connectivity index (χ0n) is 5.31. The summed E-state index contributed by atoms with van der Waals surface area (Å²) in [4.78, 5) is 2.69. The van der Waals surface area contributed by atoms with Gasteiger partial charge in [0.05, 0.1) is 0 Å². The third kappa shape index (κ3) is 6.08. The van der Waals surface area contributed by atoms with Crippen LogP contribution in [-0.4, -0.2) is 15.0 Å². The predicted octanol–water partition coefficient (Wildman–Crippen LogP) is 1.89. The number of hydrogen-bond acceptors (Lipinski definition) is 0. The van der Waals surface area contributed by atoms with E-state index in [9.17, 15) is 0 Å². The first kappa shape index (κ1) is 8.08. The van der Waals surface area contributed by atoms with Gasteiger partial charge < -0.3 is 0 Å². The molecule has 0 saturated heterocycles. The zero-order valence-corrected chi connectivity index (χ0v) is 7.03. The molecule has 0 aromatic rings. The van der Waals surface area contributed by atoms with Crippen LogP contribution in [0.4, 0.5) is 0 Å². The summed E-state index contributed by atoms with van der Waals surface area (Å²) in [6.45, 7) is 2.21. The Morgan fingerprint density at radius 1 is 1.50 bits per heavy atom. The maximum absolute atomic E-state index is 5.09. The fraction of sp³-hybridized carbons (Fsp3) is 0.714. The van der Waals surface area contributed by atoms with Gasteiger partial charge in [0.15, 0.2) is 0 Å². The summed E-state index contributed by atoms with van der Waals surface area (Å²) >= 11 is 0.495. The molecule has 0 atom stereocenters. The van der Waals surface area contributed by atoms with E-state index in [-0.39, 0.29) is 0 Å². The molecular formula is C7H12Se. The van der Waals surface area contributed by atoms with Crippen LogP contribution in [0.3, 0.4) is 0 Å². The summed E-state index contributed by atoms with van der Waals surface area (Å²) < 4.78 is 0. The Bertz CT molecular complexity index is 70.9. The van der Waals surface area contributed by atoms with Gasteiger partial charge in [0.25, 0.3) is 0 Å². The first-order chi connectivity index (χ1) is 3.91. The summed E-state index contributed by atoms with van der Waals surface area (Å²) in [5, 5.41) is 1.28. The molecule has 8 heavy (non-hydrogen) atoms. The minimum absolute atomic E-state index is 0.495. The molecule has 0 fully saturated rings. The number of terminal acetylenes is 1. The Labute approximate surface area is 58.2 Å². The molecule has 0 unspecified atom stereocenters. The van der Waals surface area contributed by atoms with E-state index in [0.717, 1.165) is 0 Å². The second-order valence-corrected chi connectivity index (χ2v) is 3.63. The molecule has 0 aromatic heterocycles. The Morgan fingerprint density at radius 3 is 2.75 bits per heavy atom. The molecule has 0 spiro atoms. The van der Waals surface area contributed by atoms with Crippen LogP contribution in [0.15, 0.2) is 0 Å². The molecule has 0 N–H and O–H groups in total. The standard InChI is InChI=1S/C7H12Se/c1-3-5-6-7-8-4-2/h2H,3,5-7H2,1H3. The van der Waals surface area contributed by atoms with E-state index in [1.165, 1.54) is 24.6 Å². The topological polar surface area (TPSA) is 0 Å². The maximum atomic E-state index is 5.09. The van der Waals surface area contributed by atoms with Gasteiger partial charge in [-0.1, -0.05) is 0 Å². The fourth-order valence-electron chi connectivity index (χ4n) is 0.483. The number of rotatable bonds is 4. The van der Waals surface area contributed by atoms with Crippen molar-refractivity contribution >= 4 is 15.0 Å². The van der Waals surface area contributed by atoms with E-state index in [1.807, 2.05) is 0 Å². The van der Waals surface area contributed by atoms with E-state index in [2.05, 4.69) is 11.7 Å². The van der Waals surface area contributed by atoms with Crippen LogP contribution < -0.4 is 0 Å². The van der Waals surface area contributed by atoms with Gasteiger partial charge in [0.1, 0.15) is 0 Å². The Kier molecular flexibility index (Phi) is 7.15. The van der Waals surface area contributed by atoms with Crippen LogP contribution in [0.25, 0.3) is 0 Å². The molecule has 0 aliphatic carbocycles. The van der Waals surface area contributed by atoms with Crippen molar-refractivity contribution in [3.63, 3.8) is 0 Å². The first-order valence-corrected chi connectivity index (χ1v) is 5.06. The van der Waals surface area contributed by atoms with Crippen molar-refractivity contribution < 1.29 is 0 Å². The molecule has 0 aromatic carbocycles. The van der Waals surface area contributed by atoms with Crippen molar-refractivity contribution in [1.82, 2.24) is 0 Å². The molecule has 0 rings (SSSR count). The second-order valence-electron chi connectivity index (χ2n) is 1.67. The van der Waals surface area contributed by atoms with Gasteiger partial charge in [0.2, 0.25) is 0 Å².